The quantitative estimate of drug-likeness (QED) is 0.829. The van der Waals surface area contributed by atoms with Crippen molar-refractivity contribution in [1.82, 2.24) is 14.8 Å². The molecule has 2 atom stereocenters. The number of hydrogen-bond donors (Lipinski definition) is 1. The maximum absolute atomic E-state index is 13.4. The Morgan fingerprint density at radius 3 is 2.59 bits per heavy atom. The highest BCUT2D eigenvalue weighted by Crippen LogP contribution is 2.59. The lowest BCUT2D eigenvalue weighted by Crippen LogP contribution is -2.41. The van der Waals surface area contributed by atoms with Gasteiger partial charge in [0, 0.05) is 37.9 Å². The molecule has 4 heterocycles. The van der Waals surface area contributed by atoms with E-state index in [-0.39, 0.29) is 36.9 Å². The molecule has 3 aliphatic rings. The molecule has 7 nitrogen and oxygen atoms in total. The molecule has 0 aromatic carbocycles. The fraction of sp³-hybridized carbons (Fsp3) is 0.450. The van der Waals surface area contributed by atoms with Gasteiger partial charge in [-0.1, -0.05) is 0 Å². The third-order valence-corrected chi connectivity index (χ3v) is 6.33. The number of alkyl halides is 2. The van der Waals surface area contributed by atoms with E-state index in [1.165, 1.54) is 17.4 Å². The lowest BCUT2D eigenvalue weighted by molar-refractivity contribution is 0.0457. The average molecular weight is 403 g/mol. The second-order valence-electron chi connectivity index (χ2n) is 8.00. The van der Waals surface area contributed by atoms with Crippen LogP contribution in [0.4, 0.5) is 8.78 Å². The van der Waals surface area contributed by atoms with E-state index in [2.05, 4.69) is 4.98 Å². The first-order valence-corrected chi connectivity index (χ1v) is 9.53. The Bertz CT molecular complexity index is 1080. The Balaban J connectivity index is 1.40. The van der Waals surface area contributed by atoms with Gasteiger partial charge in [0.2, 0.25) is 0 Å². The molecule has 2 aromatic rings. The third kappa shape index (κ3) is 2.63. The summed E-state index contributed by atoms with van der Waals surface area (Å²) in [5.74, 6) is -4.77. The van der Waals surface area contributed by atoms with Crippen LogP contribution in [0.5, 0.6) is 0 Å². The van der Waals surface area contributed by atoms with Gasteiger partial charge < -0.3 is 19.2 Å². The minimum absolute atomic E-state index is 0.00777. The maximum Gasteiger partial charge on any atom is 0.290 e. The number of carbonyl (C=O) groups excluding carboxylic acids is 2. The smallest absolute Gasteiger partial charge is 0.290 e. The Kier molecular flexibility index (Phi) is 3.75. The summed E-state index contributed by atoms with van der Waals surface area (Å²) in [5.41, 5.74) is 1.48. The summed E-state index contributed by atoms with van der Waals surface area (Å²) in [6.07, 6.45) is 3.31. The zero-order valence-corrected chi connectivity index (χ0v) is 15.7. The number of aromatic nitrogens is 1. The first-order valence-electron chi connectivity index (χ1n) is 9.53. The number of rotatable bonds is 2. The molecule has 0 bridgehead atoms. The van der Waals surface area contributed by atoms with Gasteiger partial charge in [0.1, 0.15) is 5.56 Å². The molecule has 152 valence electrons. The highest BCUT2D eigenvalue weighted by molar-refractivity contribution is 5.96. The molecule has 2 amide bonds. The van der Waals surface area contributed by atoms with Gasteiger partial charge in [0.25, 0.3) is 23.3 Å². The van der Waals surface area contributed by atoms with Crippen LogP contribution < -0.4 is 5.56 Å². The van der Waals surface area contributed by atoms with E-state index in [4.69, 9.17) is 4.42 Å². The number of H-pyrrole nitrogens is 1. The summed E-state index contributed by atoms with van der Waals surface area (Å²) in [4.78, 5) is 43.6. The highest BCUT2D eigenvalue weighted by Gasteiger charge is 2.72. The van der Waals surface area contributed by atoms with Gasteiger partial charge in [-0.2, -0.15) is 0 Å². The number of aromatic amines is 1. The van der Waals surface area contributed by atoms with Crippen molar-refractivity contribution >= 4 is 11.8 Å². The maximum atomic E-state index is 13.4. The molecule has 2 aromatic heterocycles. The molecular formula is C20H19F2N3O4. The summed E-state index contributed by atoms with van der Waals surface area (Å²) < 4.78 is 32.2. The Labute approximate surface area is 164 Å². The number of hydrogen-bond acceptors (Lipinski definition) is 4. The number of halogens is 2. The van der Waals surface area contributed by atoms with Crippen molar-refractivity contribution in [3.63, 3.8) is 0 Å². The first kappa shape index (κ1) is 18.1. The summed E-state index contributed by atoms with van der Waals surface area (Å²) in [5, 5.41) is 0. The van der Waals surface area contributed by atoms with Crippen LogP contribution >= 0.6 is 0 Å². The Morgan fingerprint density at radius 1 is 1.21 bits per heavy atom. The molecule has 0 radical (unpaired) electrons. The number of nitrogens with one attached hydrogen (secondary N) is 1. The van der Waals surface area contributed by atoms with Crippen molar-refractivity contribution in [2.45, 2.75) is 25.8 Å². The topological polar surface area (TPSA) is 86.6 Å². The van der Waals surface area contributed by atoms with Gasteiger partial charge in [0.05, 0.1) is 18.1 Å². The molecule has 29 heavy (non-hydrogen) atoms. The van der Waals surface area contributed by atoms with Crippen molar-refractivity contribution in [1.29, 1.82) is 0 Å². The summed E-state index contributed by atoms with van der Waals surface area (Å²) in [6.45, 7) is 2.30. The fourth-order valence-electron chi connectivity index (χ4n) is 4.53. The van der Waals surface area contributed by atoms with Crippen molar-refractivity contribution in [2.75, 3.05) is 19.6 Å². The lowest BCUT2D eigenvalue weighted by atomic mass is 9.95. The predicted molar refractivity (Wildman–Crippen MR) is 96.8 cm³/mol. The number of aryl methyl sites for hydroxylation is 1. The third-order valence-electron chi connectivity index (χ3n) is 6.33. The van der Waals surface area contributed by atoms with E-state index in [1.54, 1.807) is 17.9 Å². The molecule has 2 fully saturated rings. The Hall–Kier alpha value is -2.97. The van der Waals surface area contributed by atoms with Crippen LogP contribution in [0, 0.1) is 18.8 Å². The van der Waals surface area contributed by atoms with Crippen LogP contribution in [-0.4, -0.2) is 52.2 Å². The largest absolute Gasteiger partial charge is 0.459 e. The fourth-order valence-corrected chi connectivity index (χ4v) is 4.53. The van der Waals surface area contributed by atoms with Gasteiger partial charge in [-0.25, -0.2) is 8.78 Å². The van der Waals surface area contributed by atoms with Crippen LogP contribution in [0.3, 0.4) is 0 Å². The number of fused-ring (bicyclic) bond motifs is 2. The molecule has 1 N–H and O–H groups in total. The minimum atomic E-state index is -2.69. The van der Waals surface area contributed by atoms with E-state index in [0.29, 0.717) is 24.1 Å². The molecule has 2 unspecified atom stereocenters. The van der Waals surface area contributed by atoms with Gasteiger partial charge in [-0.15, -0.1) is 0 Å². The second kappa shape index (κ2) is 6.01. The number of pyridine rings is 1. The zero-order chi connectivity index (χ0) is 20.5. The Morgan fingerprint density at radius 2 is 1.93 bits per heavy atom. The van der Waals surface area contributed by atoms with Crippen molar-refractivity contribution < 1.29 is 22.8 Å². The number of nitrogens with zero attached hydrogens (tertiary/aromatic N) is 2. The van der Waals surface area contributed by atoms with Crippen LogP contribution in [0.1, 0.15) is 37.6 Å². The van der Waals surface area contributed by atoms with E-state index in [9.17, 15) is 23.2 Å². The summed E-state index contributed by atoms with van der Waals surface area (Å²) in [7, 11) is 0. The van der Waals surface area contributed by atoms with E-state index >= 15 is 0 Å². The standard InChI is InChI=1S/C20H19F2N3O4/c1-10-3-5-29-16(10)19(28)24-4-2-12-11(7-24)6-23-17(26)15(12)18(27)25-8-13-14(9-25)20(13,21)22/h3,5-6,13-14H,2,4,7-9H2,1H3,(H,23,26). The van der Waals surface area contributed by atoms with Gasteiger partial charge in [-0.05, 0) is 30.5 Å². The summed E-state index contributed by atoms with van der Waals surface area (Å²) in [6, 6.07) is 1.71. The monoisotopic (exact) mass is 403 g/mol. The van der Waals surface area contributed by atoms with Crippen molar-refractivity contribution in [3.05, 3.63) is 56.9 Å². The number of amides is 2. The predicted octanol–water partition coefficient (Wildman–Crippen LogP) is 1.81. The number of furan rings is 1. The molecule has 1 saturated heterocycles. The van der Waals surface area contributed by atoms with Crippen LogP contribution in [-0.2, 0) is 13.0 Å². The minimum Gasteiger partial charge on any atom is -0.459 e. The van der Waals surface area contributed by atoms with Crippen LogP contribution in [0.2, 0.25) is 0 Å². The molecule has 1 aliphatic carbocycles. The molecule has 1 saturated carbocycles. The number of piperidine rings is 1. The van der Waals surface area contributed by atoms with E-state index in [1.807, 2.05) is 0 Å². The molecule has 0 spiro atoms. The first-order chi connectivity index (χ1) is 13.8. The average Bonchev–Trinajstić information content (AvgIpc) is 3.13. The zero-order valence-electron chi connectivity index (χ0n) is 15.7. The van der Waals surface area contributed by atoms with E-state index < -0.39 is 29.2 Å². The van der Waals surface area contributed by atoms with Crippen molar-refractivity contribution in [2.24, 2.45) is 11.8 Å². The van der Waals surface area contributed by atoms with Crippen molar-refractivity contribution in [3.8, 4) is 0 Å². The van der Waals surface area contributed by atoms with Gasteiger partial charge >= 0.3 is 0 Å². The van der Waals surface area contributed by atoms with E-state index in [0.717, 1.165) is 5.56 Å². The van der Waals surface area contributed by atoms with Gasteiger partial charge in [0.15, 0.2) is 5.76 Å². The molecule has 9 heteroatoms. The van der Waals surface area contributed by atoms with Crippen LogP contribution in [0.15, 0.2) is 27.7 Å². The van der Waals surface area contributed by atoms with Gasteiger partial charge in [-0.3, -0.25) is 14.4 Å². The van der Waals surface area contributed by atoms with Crippen LogP contribution in [0.25, 0.3) is 0 Å². The normalized spacial score (nSPS) is 24.2. The number of likely N-dealkylation sites (tertiary alicyclic amines) is 1. The molecule has 5 rings (SSSR count). The second-order valence-corrected chi connectivity index (χ2v) is 8.00. The lowest BCUT2D eigenvalue weighted by Gasteiger charge is -2.30. The SMILES string of the molecule is Cc1ccoc1C(=O)N1CCc2c(c[nH]c(=O)c2C(=O)N2CC3C(C2)C3(F)F)C1. The summed E-state index contributed by atoms with van der Waals surface area (Å²) >= 11 is 0. The molecule has 2 aliphatic heterocycles. The number of carbonyl (C=O) groups is 2. The highest BCUT2D eigenvalue weighted by atomic mass is 19.3. The molecular weight excluding hydrogens is 384 g/mol.